The lowest BCUT2D eigenvalue weighted by molar-refractivity contribution is -0.156. The van der Waals surface area contributed by atoms with Gasteiger partial charge in [-0.3, -0.25) is 14.4 Å². The highest BCUT2D eigenvalue weighted by molar-refractivity contribution is 7.99. The number of fused-ring (bicyclic) bond motifs is 1. The van der Waals surface area contributed by atoms with Gasteiger partial charge in [0.2, 0.25) is 6.79 Å². The summed E-state index contributed by atoms with van der Waals surface area (Å²) in [6, 6.07) is 12.4. The van der Waals surface area contributed by atoms with Crippen LogP contribution in [-0.2, 0) is 24.8 Å². The fourth-order valence-electron chi connectivity index (χ4n) is 3.57. The third-order valence-corrected chi connectivity index (χ3v) is 6.79. The first-order chi connectivity index (χ1) is 16.4. The number of ether oxygens (including phenoxy) is 5. The number of methoxy groups -OCH3 is 1. The van der Waals surface area contributed by atoms with Crippen molar-refractivity contribution in [3.8, 4) is 17.2 Å². The van der Waals surface area contributed by atoms with E-state index in [0.29, 0.717) is 22.8 Å². The van der Waals surface area contributed by atoms with E-state index in [0.717, 1.165) is 11.3 Å². The molecule has 1 amide bonds. The molecule has 3 atom stereocenters. The Balaban J connectivity index is 1.40. The minimum atomic E-state index is -1.14. The van der Waals surface area contributed by atoms with Gasteiger partial charge in [-0.1, -0.05) is 12.1 Å². The Morgan fingerprint density at radius 1 is 1.12 bits per heavy atom. The summed E-state index contributed by atoms with van der Waals surface area (Å²) in [4.78, 5) is 36.9. The summed E-state index contributed by atoms with van der Waals surface area (Å²) < 4.78 is 26.8. The predicted octanol–water partition coefficient (Wildman–Crippen LogP) is 2.70. The molecule has 2 heterocycles. The molecule has 2 aromatic rings. The summed E-state index contributed by atoms with van der Waals surface area (Å²) in [5.74, 6) is 1.24. The van der Waals surface area contributed by atoms with Crippen molar-refractivity contribution < 1.29 is 38.1 Å². The van der Waals surface area contributed by atoms with Crippen LogP contribution in [0.5, 0.6) is 17.2 Å². The van der Waals surface area contributed by atoms with Crippen molar-refractivity contribution in [1.82, 2.24) is 5.32 Å². The fraction of sp³-hybridized carbons (Fsp3) is 0.375. The SMILES string of the molecule is COc1ccc(CSC2CC(=O)[C@H](NC(=O)c3ccc4c(c3)OCO4)O[C@@H]2COC(C)=O)cc1. The average molecular weight is 488 g/mol. The van der Waals surface area contributed by atoms with Gasteiger partial charge in [-0.25, -0.2) is 0 Å². The number of amides is 1. The summed E-state index contributed by atoms with van der Waals surface area (Å²) in [7, 11) is 1.61. The molecule has 4 rings (SSSR count). The highest BCUT2D eigenvalue weighted by Gasteiger charge is 2.38. The van der Waals surface area contributed by atoms with Crippen molar-refractivity contribution >= 4 is 29.4 Å². The zero-order chi connectivity index (χ0) is 24.1. The number of carbonyl (C=O) groups is 3. The van der Waals surface area contributed by atoms with Crippen LogP contribution in [0.25, 0.3) is 0 Å². The van der Waals surface area contributed by atoms with Gasteiger partial charge < -0.3 is 29.0 Å². The number of rotatable bonds is 8. The Morgan fingerprint density at radius 2 is 1.88 bits per heavy atom. The van der Waals surface area contributed by atoms with Crippen LogP contribution in [0.3, 0.4) is 0 Å². The van der Waals surface area contributed by atoms with Gasteiger partial charge in [-0.2, -0.15) is 11.8 Å². The largest absolute Gasteiger partial charge is 0.497 e. The van der Waals surface area contributed by atoms with Crippen molar-refractivity contribution in [1.29, 1.82) is 0 Å². The third-order valence-electron chi connectivity index (χ3n) is 5.39. The van der Waals surface area contributed by atoms with E-state index in [9.17, 15) is 14.4 Å². The summed E-state index contributed by atoms with van der Waals surface area (Å²) in [6.45, 7) is 1.39. The standard InChI is InChI=1S/C24H25NO8S/c1-14(26)30-11-21-22(34-12-15-3-6-17(29-2)7-4-15)10-18(27)24(33-21)25-23(28)16-5-8-19-20(9-16)32-13-31-19/h3-9,21-22,24H,10-13H2,1-2H3,(H,25,28)/t21-,22?,24-/m1/s1. The van der Waals surface area contributed by atoms with E-state index in [2.05, 4.69) is 5.32 Å². The molecule has 2 aliphatic heterocycles. The second-order valence-electron chi connectivity index (χ2n) is 7.77. The third kappa shape index (κ3) is 5.81. The maximum Gasteiger partial charge on any atom is 0.302 e. The van der Waals surface area contributed by atoms with E-state index >= 15 is 0 Å². The molecule has 0 aliphatic carbocycles. The van der Waals surface area contributed by atoms with Gasteiger partial charge in [0.1, 0.15) is 18.5 Å². The first kappa shape index (κ1) is 23.9. The van der Waals surface area contributed by atoms with Crippen LogP contribution in [-0.4, -0.2) is 55.8 Å². The van der Waals surface area contributed by atoms with Gasteiger partial charge in [-0.15, -0.1) is 0 Å². The molecule has 0 bridgehead atoms. The lowest BCUT2D eigenvalue weighted by Crippen LogP contribution is -2.53. The van der Waals surface area contributed by atoms with Gasteiger partial charge in [0.25, 0.3) is 5.91 Å². The summed E-state index contributed by atoms with van der Waals surface area (Å²) in [5, 5.41) is 2.39. The minimum absolute atomic E-state index is 0.0146. The predicted molar refractivity (Wildman–Crippen MR) is 123 cm³/mol. The van der Waals surface area contributed by atoms with Crippen molar-refractivity contribution in [2.24, 2.45) is 0 Å². The lowest BCUT2D eigenvalue weighted by Gasteiger charge is -2.35. The van der Waals surface area contributed by atoms with Crippen molar-refractivity contribution in [3.05, 3.63) is 53.6 Å². The van der Waals surface area contributed by atoms with Gasteiger partial charge in [0.15, 0.2) is 23.5 Å². The van der Waals surface area contributed by atoms with Crippen LogP contribution in [0.4, 0.5) is 0 Å². The summed E-state index contributed by atoms with van der Waals surface area (Å²) >= 11 is 1.54. The molecule has 1 fully saturated rings. The summed E-state index contributed by atoms with van der Waals surface area (Å²) in [5.41, 5.74) is 1.37. The number of thioether (sulfide) groups is 1. The highest BCUT2D eigenvalue weighted by Crippen LogP contribution is 2.33. The Bertz CT molecular complexity index is 1060. The number of hydrogen-bond donors (Lipinski definition) is 1. The van der Waals surface area contributed by atoms with Crippen molar-refractivity contribution in [3.63, 3.8) is 0 Å². The van der Waals surface area contributed by atoms with E-state index < -0.39 is 24.2 Å². The number of carbonyl (C=O) groups excluding carboxylic acids is 3. The second kappa shape index (κ2) is 10.8. The van der Waals surface area contributed by atoms with Crippen LogP contribution in [0.2, 0.25) is 0 Å². The zero-order valence-corrected chi connectivity index (χ0v) is 19.6. The molecule has 180 valence electrons. The van der Waals surface area contributed by atoms with Crippen LogP contribution in [0, 0.1) is 0 Å². The topological polar surface area (TPSA) is 109 Å². The van der Waals surface area contributed by atoms with Gasteiger partial charge in [0.05, 0.1) is 7.11 Å². The van der Waals surface area contributed by atoms with E-state index in [1.54, 1.807) is 25.3 Å². The van der Waals surface area contributed by atoms with Crippen molar-refractivity contribution in [2.45, 2.75) is 36.7 Å². The van der Waals surface area contributed by atoms with Crippen LogP contribution in [0.1, 0.15) is 29.3 Å². The van der Waals surface area contributed by atoms with Crippen LogP contribution >= 0.6 is 11.8 Å². The normalized spacial score (nSPS) is 21.1. The van der Waals surface area contributed by atoms with Crippen LogP contribution < -0.4 is 19.5 Å². The molecule has 9 nitrogen and oxygen atoms in total. The molecular formula is C24H25NO8S. The molecule has 2 aliphatic rings. The Hall–Kier alpha value is -3.24. The van der Waals surface area contributed by atoms with E-state index in [1.165, 1.54) is 18.7 Å². The number of hydrogen-bond acceptors (Lipinski definition) is 9. The van der Waals surface area contributed by atoms with Crippen LogP contribution in [0.15, 0.2) is 42.5 Å². The number of Topliss-reactive ketones (excluding diaryl/α,β-unsaturated/α-hetero) is 1. The molecule has 1 saturated heterocycles. The van der Waals surface area contributed by atoms with Gasteiger partial charge >= 0.3 is 5.97 Å². The fourth-order valence-corrected chi connectivity index (χ4v) is 4.81. The highest BCUT2D eigenvalue weighted by atomic mass is 32.2. The summed E-state index contributed by atoms with van der Waals surface area (Å²) in [6.07, 6.45) is -1.54. The Morgan fingerprint density at radius 3 is 2.62 bits per heavy atom. The average Bonchev–Trinajstić information content (AvgIpc) is 3.31. The lowest BCUT2D eigenvalue weighted by atomic mass is 10.1. The molecule has 2 aromatic carbocycles. The molecule has 34 heavy (non-hydrogen) atoms. The smallest absolute Gasteiger partial charge is 0.302 e. The quantitative estimate of drug-likeness (QED) is 0.562. The molecule has 0 spiro atoms. The molecule has 10 heteroatoms. The number of esters is 1. The molecule has 0 saturated carbocycles. The minimum Gasteiger partial charge on any atom is -0.497 e. The number of nitrogens with one attached hydrogen (secondary N) is 1. The maximum absolute atomic E-state index is 12.8. The molecular weight excluding hydrogens is 462 g/mol. The van der Waals surface area contributed by atoms with Gasteiger partial charge in [0, 0.05) is 29.9 Å². The molecule has 0 radical (unpaired) electrons. The molecule has 1 unspecified atom stereocenters. The van der Waals surface area contributed by atoms with E-state index in [-0.39, 0.29) is 30.9 Å². The second-order valence-corrected chi connectivity index (χ2v) is 8.99. The number of benzene rings is 2. The molecule has 0 aromatic heterocycles. The molecule has 1 N–H and O–H groups in total. The first-order valence-electron chi connectivity index (χ1n) is 10.7. The van der Waals surface area contributed by atoms with Gasteiger partial charge in [-0.05, 0) is 35.9 Å². The zero-order valence-electron chi connectivity index (χ0n) is 18.8. The van der Waals surface area contributed by atoms with Crippen molar-refractivity contribution in [2.75, 3.05) is 20.5 Å². The monoisotopic (exact) mass is 487 g/mol. The number of ketones is 1. The Kier molecular flexibility index (Phi) is 7.59. The Labute approximate surface area is 201 Å². The first-order valence-corrected chi connectivity index (χ1v) is 11.7. The maximum atomic E-state index is 12.8. The van der Waals surface area contributed by atoms with E-state index in [4.69, 9.17) is 23.7 Å². The van der Waals surface area contributed by atoms with E-state index in [1.807, 2.05) is 24.3 Å².